The summed E-state index contributed by atoms with van der Waals surface area (Å²) < 4.78 is 7.61. The Balaban J connectivity index is 2.06. The van der Waals surface area contributed by atoms with Crippen LogP contribution in [0.1, 0.15) is 24.7 Å². The molecule has 0 unspecified atom stereocenters. The summed E-state index contributed by atoms with van der Waals surface area (Å²) in [5.41, 5.74) is 7.50. The number of ether oxygens (including phenoxy) is 1. The topological polar surface area (TPSA) is 66.0 Å². The molecule has 96 valence electrons. The number of aryl methyl sites for hydroxylation is 2. The molecule has 5 heteroatoms. The van der Waals surface area contributed by atoms with Crippen molar-refractivity contribution in [1.29, 1.82) is 0 Å². The predicted molar refractivity (Wildman–Crippen MR) is 70.2 cm³/mol. The van der Waals surface area contributed by atoms with Gasteiger partial charge in [-0.05, 0) is 25.0 Å². The molecule has 2 N–H and O–H groups in total. The molecule has 0 fully saturated rings. The SMILES string of the molecule is CCCn1ncnc1COc1cc(N)ccc1C. The molecule has 0 saturated heterocycles. The Morgan fingerprint density at radius 2 is 2.22 bits per heavy atom. The summed E-state index contributed by atoms with van der Waals surface area (Å²) in [5.74, 6) is 1.62. The fourth-order valence-corrected chi connectivity index (χ4v) is 1.71. The molecule has 2 aromatic rings. The Labute approximate surface area is 107 Å². The maximum atomic E-state index is 5.75. The van der Waals surface area contributed by atoms with Gasteiger partial charge in [0.1, 0.15) is 18.7 Å². The lowest BCUT2D eigenvalue weighted by Gasteiger charge is -2.10. The Bertz CT molecular complexity index is 521. The van der Waals surface area contributed by atoms with Gasteiger partial charge in [0, 0.05) is 18.3 Å². The first-order valence-electron chi connectivity index (χ1n) is 6.06. The molecule has 1 aromatic carbocycles. The average molecular weight is 246 g/mol. The van der Waals surface area contributed by atoms with E-state index in [1.54, 1.807) is 6.33 Å². The number of nitrogens with two attached hydrogens (primary N) is 1. The number of aromatic nitrogens is 3. The minimum absolute atomic E-state index is 0.407. The van der Waals surface area contributed by atoms with Crippen molar-refractivity contribution in [1.82, 2.24) is 14.8 Å². The van der Waals surface area contributed by atoms with E-state index in [1.807, 2.05) is 29.8 Å². The van der Waals surface area contributed by atoms with Gasteiger partial charge in [0.05, 0.1) is 0 Å². The van der Waals surface area contributed by atoms with E-state index in [1.165, 1.54) is 0 Å². The Hall–Kier alpha value is -2.04. The molecule has 0 saturated carbocycles. The summed E-state index contributed by atoms with van der Waals surface area (Å²) in [6.07, 6.45) is 2.58. The van der Waals surface area contributed by atoms with Gasteiger partial charge < -0.3 is 10.5 Å². The number of benzene rings is 1. The summed E-state index contributed by atoms with van der Waals surface area (Å²) in [5, 5.41) is 4.16. The van der Waals surface area contributed by atoms with Crippen LogP contribution in [-0.4, -0.2) is 14.8 Å². The summed E-state index contributed by atoms with van der Waals surface area (Å²) >= 11 is 0. The van der Waals surface area contributed by atoms with Crippen LogP contribution < -0.4 is 10.5 Å². The first-order valence-corrected chi connectivity index (χ1v) is 6.06. The van der Waals surface area contributed by atoms with Gasteiger partial charge in [0.2, 0.25) is 0 Å². The maximum absolute atomic E-state index is 5.75. The predicted octanol–water partition coefficient (Wildman–Crippen LogP) is 2.16. The van der Waals surface area contributed by atoms with Crippen LogP contribution in [0, 0.1) is 6.92 Å². The summed E-state index contributed by atoms with van der Waals surface area (Å²) in [6.45, 7) is 5.36. The summed E-state index contributed by atoms with van der Waals surface area (Å²) in [7, 11) is 0. The van der Waals surface area contributed by atoms with Gasteiger partial charge in [-0.3, -0.25) is 0 Å². The highest BCUT2D eigenvalue weighted by atomic mass is 16.5. The van der Waals surface area contributed by atoms with Crippen LogP contribution in [0.15, 0.2) is 24.5 Å². The highest BCUT2D eigenvalue weighted by molar-refractivity contribution is 5.47. The Morgan fingerprint density at radius 1 is 1.39 bits per heavy atom. The molecular weight excluding hydrogens is 228 g/mol. The fraction of sp³-hybridized carbons (Fsp3) is 0.385. The molecule has 0 spiro atoms. The van der Waals surface area contributed by atoms with Gasteiger partial charge in [0.15, 0.2) is 5.82 Å². The zero-order chi connectivity index (χ0) is 13.0. The second kappa shape index (κ2) is 5.53. The van der Waals surface area contributed by atoms with E-state index in [0.717, 1.165) is 30.1 Å². The highest BCUT2D eigenvalue weighted by Gasteiger charge is 2.06. The Kier molecular flexibility index (Phi) is 3.82. The molecule has 1 heterocycles. The van der Waals surface area contributed by atoms with Crippen LogP contribution in [-0.2, 0) is 13.2 Å². The zero-order valence-electron chi connectivity index (χ0n) is 10.8. The first-order chi connectivity index (χ1) is 8.70. The number of anilines is 1. The minimum Gasteiger partial charge on any atom is -0.485 e. The van der Waals surface area contributed by atoms with E-state index in [-0.39, 0.29) is 0 Å². The smallest absolute Gasteiger partial charge is 0.164 e. The van der Waals surface area contributed by atoms with Crippen molar-refractivity contribution in [2.24, 2.45) is 0 Å². The lowest BCUT2D eigenvalue weighted by atomic mass is 10.2. The van der Waals surface area contributed by atoms with E-state index in [4.69, 9.17) is 10.5 Å². The molecule has 0 radical (unpaired) electrons. The van der Waals surface area contributed by atoms with Crippen molar-refractivity contribution in [3.63, 3.8) is 0 Å². The lowest BCUT2D eigenvalue weighted by molar-refractivity contribution is 0.284. The van der Waals surface area contributed by atoms with Gasteiger partial charge in [-0.15, -0.1) is 0 Å². The van der Waals surface area contributed by atoms with E-state index in [0.29, 0.717) is 12.3 Å². The van der Waals surface area contributed by atoms with E-state index in [9.17, 15) is 0 Å². The third-order valence-corrected chi connectivity index (χ3v) is 2.70. The van der Waals surface area contributed by atoms with E-state index in [2.05, 4.69) is 17.0 Å². The zero-order valence-corrected chi connectivity index (χ0v) is 10.8. The van der Waals surface area contributed by atoms with Crippen LogP contribution >= 0.6 is 0 Å². The molecular formula is C13H18N4O. The molecule has 0 aliphatic carbocycles. The third kappa shape index (κ3) is 2.80. The number of nitrogens with zero attached hydrogens (tertiary/aromatic N) is 3. The second-order valence-electron chi connectivity index (χ2n) is 4.21. The van der Waals surface area contributed by atoms with Crippen LogP contribution in [0.5, 0.6) is 5.75 Å². The number of hydrogen-bond acceptors (Lipinski definition) is 4. The number of nitrogen functional groups attached to an aromatic ring is 1. The highest BCUT2D eigenvalue weighted by Crippen LogP contribution is 2.21. The lowest BCUT2D eigenvalue weighted by Crippen LogP contribution is -2.09. The van der Waals surface area contributed by atoms with Crippen molar-refractivity contribution in [3.8, 4) is 5.75 Å². The monoisotopic (exact) mass is 246 g/mol. The summed E-state index contributed by atoms with van der Waals surface area (Å²) in [6, 6.07) is 5.64. The molecule has 5 nitrogen and oxygen atoms in total. The molecule has 2 rings (SSSR count). The molecule has 1 aromatic heterocycles. The number of hydrogen-bond donors (Lipinski definition) is 1. The number of rotatable bonds is 5. The summed E-state index contributed by atoms with van der Waals surface area (Å²) in [4.78, 5) is 4.20. The first kappa shape index (κ1) is 12.4. The fourth-order valence-electron chi connectivity index (χ4n) is 1.71. The minimum atomic E-state index is 0.407. The Morgan fingerprint density at radius 3 is 3.00 bits per heavy atom. The van der Waals surface area contributed by atoms with Gasteiger partial charge in [-0.25, -0.2) is 9.67 Å². The van der Waals surface area contributed by atoms with Crippen molar-refractivity contribution in [2.75, 3.05) is 5.73 Å². The standard InChI is InChI=1S/C13H18N4O/c1-3-6-17-13(15-9-16-17)8-18-12-7-11(14)5-4-10(12)2/h4-5,7,9H,3,6,8,14H2,1-2H3. The largest absolute Gasteiger partial charge is 0.485 e. The normalized spacial score (nSPS) is 10.6. The van der Waals surface area contributed by atoms with Crippen molar-refractivity contribution in [2.45, 2.75) is 33.4 Å². The van der Waals surface area contributed by atoms with Crippen molar-refractivity contribution < 1.29 is 4.74 Å². The second-order valence-corrected chi connectivity index (χ2v) is 4.21. The van der Waals surface area contributed by atoms with Crippen LogP contribution in [0.25, 0.3) is 0 Å². The van der Waals surface area contributed by atoms with Gasteiger partial charge in [0.25, 0.3) is 0 Å². The molecule has 0 bridgehead atoms. The van der Waals surface area contributed by atoms with E-state index < -0.39 is 0 Å². The molecule has 0 atom stereocenters. The van der Waals surface area contributed by atoms with E-state index >= 15 is 0 Å². The molecule has 0 amide bonds. The van der Waals surface area contributed by atoms with Crippen LogP contribution in [0.3, 0.4) is 0 Å². The molecule has 0 aliphatic heterocycles. The molecule has 18 heavy (non-hydrogen) atoms. The molecule has 0 aliphatic rings. The van der Waals surface area contributed by atoms with Crippen molar-refractivity contribution >= 4 is 5.69 Å². The average Bonchev–Trinajstić information content (AvgIpc) is 2.78. The third-order valence-electron chi connectivity index (χ3n) is 2.70. The van der Waals surface area contributed by atoms with Gasteiger partial charge in [-0.1, -0.05) is 13.0 Å². The quantitative estimate of drug-likeness (QED) is 0.821. The van der Waals surface area contributed by atoms with Gasteiger partial charge in [-0.2, -0.15) is 5.10 Å². The van der Waals surface area contributed by atoms with Crippen molar-refractivity contribution in [3.05, 3.63) is 35.9 Å². The van der Waals surface area contributed by atoms with Gasteiger partial charge >= 0.3 is 0 Å². The van der Waals surface area contributed by atoms with Crippen LogP contribution in [0.4, 0.5) is 5.69 Å². The van der Waals surface area contributed by atoms with Crippen LogP contribution in [0.2, 0.25) is 0 Å². The maximum Gasteiger partial charge on any atom is 0.164 e.